The third-order valence-corrected chi connectivity index (χ3v) is 9.39. The average Bonchev–Trinajstić information content (AvgIpc) is 3.58. The van der Waals surface area contributed by atoms with Gasteiger partial charge in [0, 0.05) is 36.4 Å². The largest absolute Gasteiger partial charge is 0.493 e. The summed E-state index contributed by atoms with van der Waals surface area (Å²) in [5.74, 6) is 2.37. The number of para-hydroxylation sites is 1. The number of benzene rings is 2. The Labute approximate surface area is 207 Å². The molecule has 2 aliphatic heterocycles. The summed E-state index contributed by atoms with van der Waals surface area (Å²) in [4.78, 5) is 2.59. The summed E-state index contributed by atoms with van der Waals surface area (Å²) in [5, 5.41) is 12.8. The van der Waals surface area contributed by atoms with Crippen molar-refractivity contribution in [3.8, 4) is 17.2 Å². The minimum Gasteiger partial charge on any atom is -0.493 e. The van der Waals surface area contributed by atoms with Crippen LogP contribution >= 0.6 is 0 Å². The molecule has 0 amide bonds. The van der Waals surface area contributed by atoms with E-state index >= 15 is 0 Å². The third kappa shape index (κ3) is 3.30. The van der Waals surface area contributed by atoms with Gasteiger partial charge in [0.05, 0.1) is 25.9 Å². The molecule has 3 aliphatic carbocycles. The second-order valence-electron chi connectivity index (χ2n) is 11.2. The number of ether oxygens (including phenoxy) is 4. The molecule has 35 heavy (non-hydrogen) atoms. The molecule has 4 fully saturated rings. The van der Waals surface area contributed by atoms with Crippen LogP contribution in [0.25, 0.3) is 0 Å². The fourth-order valence-corrected chi connectivity index (χ4v) is 7.60. The van der Waals surface area contributed by atoms with E-state index in [9.17, 15) is 5.11 Å². The van der Waals surface area contributed by atoms with E-state index in [0.29, 0.717) is 31.8 Å². The molecule has 7 rings (SSSR count). The van der Waals surface area contributed by atoms with Gasteiger partial charge in [0.15, 0.2) is 17.3 Å². The van der Waals surface area contributed by atoms with E-state index in [2.05, 4.69) is 11.0 Å². The number of nitrogens with zero attached hydrogens (tertiary/aromatic N) is 1. The van der Waals surface area contributed by atoms with E-state index in [0.717, 1.165) is 55.3 Å². The van der Waals surface area contributed by atoms with Crippen LogP contribution in [0.3, 0.4) is 0 Å². The van der Waals surface area contributed by atoms with Crippen molar-refractivity contribution in [3.63, 3.8) is 0 Å². The number of methoxy groups -OCH3 is 1. The maximum atomic E-state index is 12.8. The molecule has 1 spiro atoms. The highest BCUT2D eigenvalue weighted by Gasteiger charge is 2.69. The zero-order chi connectivity index (χ0) is 23.7. The molecule has 0 aromatic heterocycles. The van der Waals surface area contributed by atoms with Crippen LogP contribution in [0.15, 0.2) is 42.5 Å². The number of likely N-dealkylation sites (tertiary alicyclic amines) is 1. The highest BCUT2D eigenvalue weighted by Crippen LogP contribution is 2.64. The fraction of sp³-hybridized carbons (Fsp3) is 0.586. The molecule has 1 unspecified atom stereocenters. The Morgan fingerprint density at radius 3 is 2.57 bits per heavy atom. The molecule has 2 heterocycles. The van der Waals surface area contributed by atoms with E-state index < -0.39 is 16.8 Å². The third-order valence-electron chi connectivity index (χ3n) is 9.39. The maximum Gasteiger partial charge on any atom is 0.173 e. The van der Waals surface area contributed by atoms with Crippen LogP contribution in [0.5, 0.6) is 17.2 Å². The Bertz CT molecular complexity index is 1110. The average molecular weight is 478 g/mol. The van der Waals surface area contributed by atoms with Crippen molar-refractivity contribution < 1.29 is 24.1 Å². The van der Waals surface area contributed by atoms with Gasteiger partial charge in [0.1, 0.15) is 5.75 Å². The summed E-state index contributed by atoms with van der Waals surface area (Å²) in [7, 11) is 1.69. The fourth-order valence-electron chi connectivity index (χ4n) is 7.60. The van der Waals surface area contributed by atoms with Crippen molar-refractivity contribution in [2.75, 3.05) is 33.4 Å². The first-order chi connectivity index (χ1) is 17.1. The van der Waals surface area contributed by atoms with E-state index in [4.69, 9.17) is 18.9 Å². The van der Waals surface area contributed by atoms with Crippen molar-refractivity contribution >= 4 is 0 Å². The van der Waals surface area contributed by atoms with Crippen LogP contribution in [0.1, 0.15) is 49.7 Å². The number of fused-ring (bicyclic) bond motifs is 1. The van der Waals surface area contributed by atoms with Crippen molar-refractivity contribution in [2.24, 2.45) is 5.92 Å². The highest BCUT2D eigenvalue weighted by atomic mass is 16.7. The van der Waals surface area contributed by atoms with Gasteiger partial charge in [-0.15, -0.1) is 0 Å². The van der Waals surface area contributed by atoms with Gasteiger partial charge in [-0.1, -0.05) is 24.3 Å². The van der Waals surface area contributed by atoms with Crippen LogP contribution < -0.4 is 9.47 Å². The van der Waals surface area contributed by atoms with Gasteiger partial charge >= 0.3 is 0 Å². The lowest BCUT2D eigenvalue weighted by atomic mass is 9.48. The Balaban J connectivity index is 1.41. The summed E-state index contributed by atoms with van der Waals surface area (Å²) in [6.07, 6.45) is 6.36. The van der Waals surface area contributed by atoms with Gasteiger partial charge < -0.3 is 24.1 Å². The molecular weight excluding hydrogens is 442 g/mol. The topological polar surface area (TPSA) is 60.4 Å². The normalized spacial score (nSPS) is 33.3. The molecule has 2 aromatic rings. The zero-order valence-corrected chi connectivity index (χ0v) is 20.5. The van der Waals surface area contributed by atoms with Crippen LogP contribution in [-0.2, 0) is 21.3 Å². The predicted octanol–water partition coefficient (Wildman–Crippen LogP) is 4.42. The Morgan fingerprint density at radius 1 is 1.03 bits per heavy atom. The van der Waals surface area contributed by atoms with Crippen LogP contribution in [0.2, 0.25) is 0 Å². The first-order valence-electron chi connectivity index (χ1n) is 13.2. The van der Waals surface area contributed by atoms with Gasteiger partial charge in [-0.25, -0.2) is 0 Å². The molecule has 1 N–H and O–H groups in total. The van der Waals surface area contributed by atoms with E-state index in [1.165, 1.54) is 18.4 Å². The number of piperidine rings is 1. The molecule has 5 aliphatic rings. The van der Waals surface area contributed by atoms with E-state index in [1.807, 2.05) is 36.4 Å². The summed E-state index contributed by atoms with van der Waals surface area (Å²) >= 11 is 0. The second-order valence-corrected chi connectivity index (χ2v) is 11.2. The molecule has 0 radical (unpaired) electrons. The van der Waals surface area contributed by atoms with Crippen molar-refractivity contribution in [2.45, 2.75) is 67.8 Å². The lowest BCUT2D eigenvalue weighted by Gasteiger charge is -2.65. The monoisotopic (exact) mass is 477 g/mol. The molecule has 186 valence electrons. The van der Waals surface area contributed by atoms with Crippen LogP contribution in [0, 0.1) is 5.92 Å². The van der Waals surface area contributed by atoms with Crippen molar-refractivity contribution in [3.05, 3.63) is 53.6 Å². The molecule has 3 atom stereocenters. The second kappa shape index (κ2) is 7.94. The highest BCUT2D eigenvalue weighted by molar-refractivity contribution is 5.60. The lowest BCUT2D eigenvalue weighted by molar-refractivity contribution is -0.259. The number of hydrogen-bond acceptors (Lipinski definition) is 6. The van der Waals surface area contributed by atoms with Gasteiger partial charge in [-0.05, 0) is 68.3 Å². The number of rotatable bonds is 5. The Morgan fingerprint density at radius 2 is 1.83 bits per heavy atom. The molecular formula is C29H35NO5. The zero-order valence-electron chi connectivity index (χ0n) is 20.5. The van der Waals surface area contributed by atoms with Gasteiger partial charge in [0.25, 0.3) is 0 Å². The van der Waals surface area contributed by atoms with E-state index in [1.54, 1.807) is 7.11 Å². The Kier molecular flexibility index (Phi) is 5.01. The van der Waals surface area contributed by atoms with Crippen molar-refractivity contribution in [1.29, 1.82) is 0 Å². The van der Waals surface area contributed by atoms with Gasteiger partial charge in [0.2, 0.25) is 0 Å². The first kappa shape index (κ1) is 22.1. The number of hydrogen-bond donors (Lipinski definition) is 1. The molecule has 6 heteroatoms. The van der Waals surface area contributed by atoms with Crippen LogP contribution in [0.4, 0.5) is 0 Å². The summed E-state index contributed by atoms with van der Waals surface area (Å²) in [6, 6.07) is 14.2. The molecule has 2 aromatic carbocycles. The molecule has 2 saturated heterocycles. The standard InChI is InChI=1S/C29H35NO5/c1-32-23-10-9-21-17-24-29(31)12-11-28(33-15-16-34-28)19-27(29,13-14-30(24)18-20-7-8-20)25(21)26(23)35-22-5-3-2-4-6-22/h2-6,9-10,20,24,31H,7-8,11-19H2,1H3/t24?,27-,29-/m0/s1. The smallest absolute Gasteiger partial charge is 0.173 e. The minimum absolute atomic E-state index is 0.0982. The first-order valence-corrected chi connectivity index (χ1v) is 13.2. The predicted molar refractivity (Wildman–Crippen MR) is 131 cm³/mol. The maximum absolute atomic E-state index is 12.8. The van der Waals surface area contributed by atoms with Crippen LogP contribution in [-0.4, -0.2) is 60.8 Å². The molecule has 6 nitrogen and oxygen atoms in total. The molecule has 2 bridgehead atoms. The lowest BCUT2D eigenvalue weighted by Crippen LogP contribution is -2.75. The SMILES string of the molecule is COc1ccc2c(c1Oc1ccccc1)[C@@]13CCN(CC4CC4)C(C2)[C@@]1(O)CCC1(C3)OCCO1. The quantitative estimate of drug-likeness (QED) is 0.688. The minimum atomic E-state index is -0.866. The molecule has 2 saturated carbocycles. The van der Waals surface area contributed by atoms with Gasteiger partial charge in [-0.2, -0.15) is 0 Å². The summed E-state index contributed by atoms with van der Waals surface area (Å²) in [5.41, 5.74) is 0.965. The summed E-state index contributed by atoms with van der Waals surface area (Å²) in [6.45, 7) is 3.30. The Hall–Kier alpha value is -2.12. The number of aliphatic hydroxyl groups is 1. The van der Waals surface area contributed by atoms with Gasteiger partial charge in [-0.3, -0.25) is 4.90 Å². The summed E-state index contributed by atoms with van der Waals surface area (Å²) < 4.78 is 25.0. The van der Waals surface area contributed by atoms with Crippen molar-refractivity contribution in [1.82, 2.24) is 4.90 Å². The van der Waals surface area contributed by atoms with E-state index in [-0.39, 0.29) is 6.04 Å².